The van der Waals surface area contributed by atoms with Gasteiger partial charge in [0.2, 0.25) is 0 Å². The van der Waals surface area contributed by atoms with Gasteiger partial charge in [0.05, 0.1) is 0 Å². The van der Waals surface area contributed by atoms with E-state index in [-0.39, 0.29) is 88.7 Å². The Bertz CT molecular complexity index is 97.7. The Balaban J connectivity index is -0.0000000267. The predicted molar refractivity (Wildman–Crippen MR) is 32.8 cm³/mol. The summed E-state index contributed by atoms with van der Waals surface area (Å²) in [6.45, 7) is 4.42. The largest absolute Gasteiger partial charge is 1.00 e. The molecule has 0 aliphatic rings. The molecule has 0 atom stereocenters. The molecule has 0 spiro atoms. The van der Waals surface area contributed by atoms with E-state index in [1.165, 1.54) is 19.3 Å². The minimum atomic E-state index is -5.39. The fourth-order valence-corrected chi connectivity index (χ4v) is 0.354. The quantitative estimate of drug-likeness (QED) is 0.352. The van der Waals surface area contributed by atoms with Crippen LogP contribution in [0.2, 0.25) is 0 Å². The van der Waals surface area contributed by atoms with Crippen LogP contribution in [0.1, 0.15) is 33.1 Å². The molecule has 0 heterocycles. The van der Waals surface area contributed by atoms with Gasteiger partial charge < -0.3 is 19.2 Å². The molecule has 0 aliphatic carbocycles. The van der Waals surface area contributed by atoms with Crippen molar-refractivity contribution >= 4 is 7.82 Å². The van der Waals surface area contributed by atoms with Gasteiger partial charge in [-0.3, -0.25) is 0 Å². The van der Waals surface area contributed by atoms with Gasteiger partial charge in [0.1, 0.15) is 0 Å². The summed E-state index contributed by atoms with van der Waals surface area (Å²) >= 11 is 0. The molecule has 0 unspecified atom stereocenters. The summed E-state index contributed by atoms with van der Waals surface area (Å²) < 4.78 is 8.55. The zero-order valence-electron chi connectivity index (χ0n) is 9.20. The monoisotopic (exact) mass is 236 g/mol. The van der Waals surface area contributed by atoms with Crippen LogP contribution in [0.3, 0.4) is 0 Å². The summed E-state index contributed by atoms with van der Waals surface area (Å²) in [6, 6.07) is 0. The first kappa shape index (κ1) is 29.8. The average molecular weight is 236 g/mol. The third-order valence-electron chi connectivity index (χ3n) is 0.707. The molecular weight excluding hydrogens is 224 g/mol. The van der Waals surface area contributed by atoms with Crippen LogP contribution < -0.4 is 103 Å². The van der Waals surface area contributed by atoms with Gasteiger partial charge in [0.15, 0.2) is 0 Å². The van der Waals surface area contributed by atoms with E-state index in [2.05, 4.69) is 13.8 Å². The molecule has 0 N–H and O–H groups in total. The van der Waals surface area contributed by atoms with Crippen molar-refractivity contribution in [2.75, 3.05) is 0 Å². The van der Waals surface area contributed by atoms with E-state index in [9.17, 15) is 0 Å². The van der Waals surface area contributed by atoms with Gasteiger partial charge in [-0.05, 0) is 0 Å². The van der Waals surface area contributed by atoms with Crippen molar-refractivity contribution < 1.29 is 108 Å². The molecule has 0 fully saturated rings. The van der Waals surface area contributed by atoms with Crippen LogP contribution in [0.25, 0.3) is 0 Å². The van der Waals surface area contributed by atoms with E-state index in [1.54, 1.807) is 0 Å². The van der Waals surface area contributed by atoms with E-state index in [0.29, 0.717) is 0 Å². The molecular formula is C5H12Na3O4P. The molecule has 0 saturated heterocycles. The molecule has 0 aromatic carbocycles. The summed E-state index contributed by atoms with van der Waals surface area (Å²) in [5, 5.41) is 0. The standard InChI is InChI=1S/C5H12.3Na.H3O4P/c1-3-5-4-2;;;;1-5(2,3)4/h3-5H2,1-2H3;;;;(H3,1,2,3,4)/q;3*+1;/p-3. The number of rotatable bonds is 2. The van der Waals surface area contributed by atoms with E-state index < -0.39 is 7.82 Å². The molecule has 0 radical (unpaired) electrons. The molecule has 0 aromatic heterocycles. The minimum Gasteiger partial charge on any atom is -0.822 e. The fraction of sp³-hybridized carbons (Fsp3) is 1.00. The fourth-order valence-electron chi connectivity index (χ4n) is 0.354. The molecule has 0 bridgehead atoms. The SMILES string of the molecule is CCCCC.O=P([O-])([O-])[O-].[Na+].[Na+].[Na+]. The maximum absolute atomic E-state index is 8.55. The van der Waals surface area contributed by atoms with Crippen molar-refractivity contribution in [3.63, 3.8) is 0 Å². The van der Waals surface area contributed by atoms with Crippen molar-refractivity contribution in [3.05, 3.63) is 0 Å². The van der Waals surface area contributed by atoms with Crippen molar-refractivity contribution in [1.29, 1.82) is 0 Å². The maximum Gasteiger partial charge on any atom is 1.00 e. The zero-order valence-corrected chi connectivity index (χ0v) is 16.1. The molecule has 4 nitrogen and oxygen atoms in total. The number of unbranched alkanes of at least 4 members (excludes halogenated alkanes) is 2. The Kier molecular flexibility index (Phi) is 47.0. The summed E-state index contributed by atoms with van der Waals surface area (Å²) in [5.41, 5.74) is 0. The van der Waals surface area contributed by atoms with Crippen LogP contribution in [-0.4, -0.2) is 0 Å². The van der Waals surface area contributed by atoms with Gasteiger partial charge in [-0.1, -0.05) is 33.1 Å². The molecule has 0 amide bonds. The topological polar surface area (TPSA) is 86.2 Å². The Morgan fingerprint density at radius 2 is 1.08 bits per heavy atom. The molecule has 0 saturated carbocycles. The van der Waals surface area contributed by atoms with E-state index >= 15 is 0 Å². The first-order chi connectivity index (χ1) is 4.41. The third-order valence-corrected chi connectivity index (χ3v) is 0.707. The molecule has 0 aromatic rings. The van der Waals surface area contributed by atoms with Crippen LogP contribution in [-0.2, 0) is 4.57 Å². The summed E-state index contributed by atoms with van der Waals surface area (Å²) in [7, 11) is -5.39. The second kappa shape index (κ2) is 20.5. The van der Waals surface area contributed by atoms with Crippen molar-refractivity contribution in [3.8, 4) is 0 Å². The van der Waals surface area contributed by atoms with Crippen LogP contribution in [0.15, 0.2) is 0 Å². The minimum absolute atomic E-state index is 0. The Morgan fingerprint density at radius 1 is 0.923 bits per heavy atom. The van der Waals surface area contributed by atoms with Crippen molar-refractivity contribution in [2.24, 2.45) is 0 Å². The Morgan fingerprint density at radius 3 is 1.08 bits per heavy atom. The molecule has 13 heavy (non-hydrogen) atoms. The second-order valence-corrected chi connectivity index (χ2v) is 2.70. The van der Waals surface area contributed by atoms with E-state index in [1.807, 2.05) is 0 Å². The van der Waals surface area contributed by atoms with Gasteiger partial charge >= 0.3 is 88.7 Å². The second-order valence-electron chi connectivity index (χ2n) is 1.80. The average Bonchev–Trinajstić information content (AvgIpc) is 1.63. The maximum atomic E-state index is 8.55. The van der Waals surface area contributed by atoms with E-state index in [0.717, 1.165) is 0 Å². The first-order valence-electron chi connectivity index (χ1n) is 3.14. The van der Waals surface area contributed by atoms with Crippen LogP contribution in [0, 0.1) is 0 Å². The third kappa shape index (κ3) is 99.5. The number of hydrogen-bond acceptors (Lipinski definition) is 4. The summed E-state index contributed by atoms with van der Waals surface area (Å²) in [5.74, 6) is 0. The van der Waals surface area contributed by atoms with E-state index in [4.69, 9.17) is 19.2 Å². The van der Waals surface area contributed by atoms with Gasteiger partial charge in [-0.15, -0.1) is 0 Å². The van der Waals surface area contributed by atoms with Crippen molar-refractivity contribution in [1.82, 2.24) is 0 Å². The summed E-state index contributed by atoms with van der Waals surface area (Å²) in [4.78, 5) is 25.6. The normalized spacial score (nSPS) is 7.77. The van der Waals surface area contributed by atoms with Crippen LogP contribution in [0.5, 0.6) is 0 Å². The predicted octanol–water partition coefficient (Wildman–Crippen LogP) is -9.62. The smallest absolute Gasteiger partial charge is 0.822 e. The van der Waals surface area contributed by atoms with Gasteiger partial charge in [0.25, 0.3) is 0 Å². The number of phosphoric acid groups is 1. The zero-order chi connectivity index (χ0) is 8.62. The number of hydrogen-bond donors (Lipinski definition) is 0. The van der Waals surface area contributed by atoms with Gasteiger partial charge in [-0.25, -0.2) is 0 Å². The first-order valence-corrected chi connectivity index (χ1v) is 4.61. The Labute approximate surface area is 146 Å². The van der Waals surface area contributed by atoms with Gasteiger partial charge in [0, 0.05) is 0 Å². The molecule has 8 heteroatoms. The Hall–Kier alpha value is 3.11. The van der Waals surface area contributed by atoms with Crippen molar-refractivity contribution in [2.45, 2.75) is 33.1 Å². The molecule has 64 valence electrons. The van der Waals surface area contributed by atoms with Crippen LogP contribution >= 0.6 is 7.82 Å². The summed E-state index contributed by atoms with van der Waals surface area (Å²) in [6.07, 6.45) is 4.08. The van der Waals surface area contributed by atoms with Crippen LogP contribution in [0.4, 0.5) is 0 Å². The van der Waals surface area contributed by atoms with Gasteiger partial charge in [-0.2, -0.15) is 7.82 Å². The molecule has 0 aliphatic heterocycles. The molecule has 0 rings (SSSR count).